The molecule has 0 spiro atoms. The van der Waals surface area contributed by atoms with Crippen molar-refractivity contribution in [2.45, 2.75) is 57.1 Å². The Morgan fingerprint density at radius 1 is 1.21 bits per heavy atom. The monoisotopic (exact) mass is 490 g/mol. The van der Waals surface area contributed by atoms with E-state index >= 15 is 0 Å². The SMILES string of the molecule is CCC(Cc1c(-c2ccccc2)ccc(S(=O)(=O)NCC(C)C)c1O)NC(=O)O[C@H]1CCOC1. The number of benzene rings is 2. The fourth-order valence-electron chi connectivity index (χ4n) is 3.78. The number of rotatable bonds is 10. The molecule has 0 aromatic heterocycles. The van der Waals surface area contributed by atoms with Gasteiger partial charge in [0.15, 0.2) is 0 Å². The van der Waals surface area contributed by atoms with Gasteiger partial charge in [-0.1, -0.05) is 57.2 Å². The highest BCUT2D eigenvalue weighted by molar-refractivity contribution is 7.89. The maximum atomic E-state index is 12.9. The van der Waals surface area contributed by atoms with Crippen LogP contribution >= 0.6 is 0 Å². The first-order valence-electron chi connectivity index (χ1n) is 11.7. The lowest BCUT2D eigenvalue weighted by Crippen LogP contribution is -2.38. The zero-order chi connectivity index (χ0) is 24.7. The molecule has 34 heavy (non-hydrogen) atoms. The lowest BCUT2D eigenvalue weighted by molar-refractivity contribution is 0.0806. The van der Waals surface area contributed by atoms with Crippen LogP contribution in [0.25, 0.3) is 11.1 Å². The summed E-state index contributed by atoms with van der Waals surface area (Å²) in [5.74, 6) is -0.194. The van der Waals surface area contributed by atoms with Crippen LogP contribution in [0.5, 0.6) is 5.75 Å². The number of carbonyl (C=O) groups excluding carboxylic acids is 1. The minimum absolute atomic E-state index is 0.116. The molecule has 9 heteroatoms. The summed E-state index contributed by atoms with van der Waals surface area (Å²) in [7, 11) is -3.91. The molecule has 1 amide bonds. The van der Waals surface area contributed by atoms with Crippen molar-refractivity contribution in [3.05, 3.63) is 48.0 Å². The lowest BCUT2D eigenvalue weighted by Gasteiger charge is -2.22. The van der Waals surface area contributed by atoms with Crippen molar-refractivity contribution in [2.24, 2.45) is 5.92 Å². The number of hydrogen-bond donors (Lipinski definition) is 3. The van der Waals surface area contributed by atoms with Crippen LogP contribution < -0.4 is 10.0 Å². The topological polar surface area (TPSA) is 114 Å². The van der Waals surface area contributed by atoms with Crippen LogP contribution in [0.2, 0.25) is 0 Å². The predicted octanol–water partition coefficient (Wildman–Crippen LogP) is 3.83. The average molecular weight is 491 g/mol. The van der Waals surface area contributed by atoms with E-state index in [1.54, 1.807) is 6.07 Å². The molecule has 0 radical (unpaired) electrons. The molecule has 0 aliphatic carbocycles. The van der Waals surface area contributed by atoms with Gasteiger partial charge in [0.1, 0.15) is 16.7 Å². The van der Waals surface area contributed by atoms with Crippen molar-refractivity contribution in [1.82, 2.24) is 10.0 Å². The highest BCUT2D eigenvalue weighted by Crippen LogP contribution is 2.36. The number of amides is 1. The molecule has 1 saturated heterocycles. The molecule has 2 atom stereocenters. The van der Waals surface area contributed by atoms with E-state index in [0.717, 1.165) is 5.56 Å². The van der Waals surface area contributed by atoms with Crippen LogP contribution in [0.4, 0.5) is 4.79 Å². The Labute approximate surface area is 201 Å². The maximum Gasteiger partial charge on any atom is 0.407 e. The quantitative estimate of drug-likeness (QED) is 0.466. The van der Waals surface area contributed by atoms with Crippen molar-refractivity contribution in [1.29, 1.82) is 0 Å². The third-order valence-electron chi connectivity index (χ3n) is 5.73. The second kappa shape index (κ2) is 11.7. The fraction of sp³-hybridized carbons (Fsp3) is 0.480. The van der Waals surface area contributed by atoms with Gasteiger partial charge in [-0.25, -0.2) is 17.9 Å². The van der Waals surface area contributed by atoms with Crippen LogP contribution in [0, 0.1) is 5.92 Å². The van der Waals surface area contributed by atoms with Gasteiger partial charge in [-0.15, -0.1) is 0 Å². The first-order valence-corrected chi connectivity index (χ1v) is 13.1. The molecule has 3 rings (SSSR count). The van der Waals surface area contributed by atoms with E-state index in [1.165, 1.54) is 6.07 Å². The highest BCUT2D eigenvalue weighted by Gasteiger charge is 2.26. The van der Waals surface area contributed by atoms with Gasteiger partial charge < -0.3 is 19.9 Å². The summed E-state index contributed by atoms with van der Waals surface area (Å²) in [4.78, 5) is 12.2. The van der Waals surface area contributed by atoms with Gasteiger partial charge in [0.2, 0.25) is 10.0 Å². The molecule has 0 bridgehead atoms. The largest absolute Gasteiger partial charge is 0.506 e. The lowest BCUT2D eigenvalue weighted by atomic mass is 9.93. The molecule has 186 valence electrons. The van der Waals surface area contributed by atoms with Crippen LogP contribution in [-0.2, 0) is 25.9 Å². The first kappa shape index (κ1) is 26.0. The van der Waals surface area contributed by atoms with Crippen LogP contribution in [-0.4, -0.2) is 51.5 Å². The Morgan fingerprint density at radius 3 is 2.56 bits per heavy atom. The first-order chi connectivity index (χ1) is 16.2. The van der Waals surface area contributed by atoms with Crippen LogP contribution in [0.1, 0.15) is 39.2 Å². The van der Waals surface area contributed by atoms with Gasteiger partial charge in [-0.05, 0) is 36.0 Å². The van der Waals surface area contributed by atoms with Crippen LogP contribution in [0.15, 0.2) is 47.4 Å². The molecule has 1 unspecified atom stereocenters. The van der Waals surface area contributed by atoms with Gasteiger partial charge in [0.25, 0.3) is 0 Å². The highest BCUT2D eigenvalue weighted by atomic mass is 32.2. The summed E-state index contributed by atoms with van der Waals surface area (Å²) < 4.78 is 39.0. The second-order valence-electron chi connectivity index (χ2n) is 8.89. The number of phenolic OH excluding ortho intramolecular Hbond substituents is 1. The molecule has 1 aliphatic heterocycles. The zero-order valence-corrected chi connectivity index (χ0v) is 20.7. The Kier molecular flexibility index (Phi) is 8.93. The molecular weight excluding hydrogens is 456 g/mol. The van der Waals surface area contributed by atoms with Crippen LogP contribution in [0.3, 0.4) is 0 Å². The number of aromatic hydroxyl groups is 1. The van der Waals surface area contributed by atoms with E-state index in [2.05, 4.69) is 10.0 Å². The van der Waals surface area contributed by atoms with Crippen molar-refractivity contribution in [3.63, 3.8) is 0 Å². The summed E-state index contributed by atoms with van der Waals surface area (Å²) in [6.07, 6.45) is 0.631. The predicted molar refractivity (Wildman–Crippen MR) is 130 cm³/mol. The molecular formula is C25H34N2O6S. The number of ether oxygens (including phenoxy) is 2. The number of phenols is 1. The third-order valence-corrected chi connectivity index (χ3v) is 7.18. The molecule has 1 heterocycles. The molecule has 2 aromatic carbocycles. The number of sulfonamides is 1. The second-order valence-corrected chi connectivity index (χ2v) is 10.6. The summed E-state index contributed by atoms with van der Waals surface area (Å²) in [6, 6.07) is 12.2. The molecule has 2 aromatic rings. The summed E-state index contributed by atoms with van der Waals surface area (Å²) in [6.45, 7) is 6.92. The minimum atomic E-state index is -3.91. The van der Waals surface area contributed by atoms with E-state index < -0.39 is 16.1 Å². The Hall–Kier alpha value is -2.62. The fourth-order valence-corrected chi connectivity index (χ4v) is 5.12. The standard InChI is InChI=1S/C25H34N2O6S/c1-4-19(27-25(29)33-20-12-13-32-16-20)14-22-21(18-8-6-5-7-9-18)10-11-23(24(22)28)34(30,31)26-15-17(2)3/h5-11,17,19-20,26,28H,4,12-16H2,1-3H3,(H,27,29)/t19?,20-/m0/s1. The van der Waals surface area contributed by atoms with E-state index in [-0.39, 0.29) is 41.7 Å². The van der Waals surface area contributed by atoms with Crippen molar-refractivity contribution >= 4 is 16.1 Å². The van der Waals surface area contributed by atoms with Gasteiger partial charge in [0.05, 0.1) is 13.2 Å². The van der Waals surface area contributed by atoms with E-state index in [0.29, 0.717) is 37.2 Å². The van der Waals surface area contributed by atoms with Gasteiger partial charge in [0, 0.05) is 24.6 Å². The van der Waals surface area contributed by atoms with E-state index in [4.69, 9.17) is 9.47 Å². The molecule has 0 saturated carbocycles. The Bertz CT molecular complexity index is 1070. The molecule has 1 fully saturated rings. The number of nitrogens with one attached hydrogen (secondary N) is 2. The molecule has 1 aliphatic rings. The van der Waals surface area contributed by atoms with E-state index in [1.807, 2.05) is 51.1 Å². The van der Waals surface area contributed by atoms with Gasteiger partial charge in [-0.3, -0.25) is 0 Å². The normalized spacial score (nSPS) is 17.0. The zero-order valence-electron chi connectivity index (χ0n) is 19.9. The Morgan fingerprint density at radius 2 is 1.94 bits per heavy atom. The van der Waals surface area contributed by atoms with E-state index in [9.17, 15) is 18.3 Å². The van der Waals surface area contributed by atoms with Crippen molar-refractivity contribution in [3.8, 4) is 16.9 Å². The maximum absolute atomic E-state index is 12.9. The molecule has 3 N–H and O–H groups in total. The minimum Gasteiger partial charge on any atom is -0.506 e. The smallest absolute Gasteiger partial charge is 0.407 e. The van der Waals surface area contributed by atoms with Gasteiger partial charge in [-0.2, -0.15) is 0 Å². The summed E-state index contributed by atoms with van der Waals surface area (Å²) in [5, 5.41) is 14.0. The average Bonchev–Trinajstić information content (AvgIpc) is 3.31. The summed E-state index contributed by atoms with van der Waals surface area (Å²) >= 11 is 0. The van der Waals surface area contributed by atoms with Gasteiger partial charge >= 0.3 is 6.09 Å². The summed E-state index contributed by atoms with van der Waals surface area (Å²) in [5.41, 5.74) is 2.00. The number of hydrogen-bond acceptors (Lipinski definition) is 6. The van der Waals surface area contributed by atoms with Crippen molar-refractivity contribution in [2.75, 3.05) is 19.8 Å². The van der Waals surface area contributed by atoms with Crippen molar-refractivity contribution < 1.29 is 27.8 Å². The molecule has 8 nitrogen and oxygen atoms in total. The number of alkyl carbamates (subject to hydrolysis) is 1. The number of carbonyl (C=O) groups is 1. The third kappa shape index (κ3) is 6.71. The Balaban J connectivity index is 1.92.